The third-order valence-corrected chi connectivity index (χ3v) is 4.49. The van der Waals surface area contributed by atoms with Crippen LogP contribution in [-0.4, -0.2) is 67.5 Å². The molecule has 24 heavy (non-hydrogen) atoms. The van der Waals surface area contributed by atoms with Crippen molar-refractivity contribution in [1.82, 2.24) is 9.80 Å². The minimum atomic E-state index is -0.600. The van der Waals surface area contributed by atoms with E-state index in [0.717, 1.165) is 0 Å². The number of carbonyl (C=O) groups is 3. The van der Waals surface area contributed by atoms with Gasteiger partial charge in [0.25, 0.3) is 5.91 Å². The number of esters is 1. The minimum Gasteiger partial charge on any atom is -0.497 e. The summed E-state index contributed by atoms with van der Waals surface area (Å²) in [6.07, 6.45) is 0. The van der Waals surface area contributed by atoms with Gasteiger partial charge in [-0.1, -0.05) is 0 Å². The van der Waals surface area contributed by atoms with Crippen molar-refractivity contribution in [3.8, 4) is 5.75 Å². The van der Waals surface area contributed by atoms with E-state index in [-0.39, 0.29) is 18.4 Å². The highest BCUT2D eigenvalue weighted by molar-refractivity contribution is 9.10. The molecule has 0 unspecified atom stereocenters. The number of hydrogen-bond donors (Lipinski definition) is 0. The zero-order valence-electron chi connectivity index (χ0n) is 13.6. The zero-order valence-corrected chi connectivity index (χ0v) is 15.2. The summed E-state index contributed by atoms with van der Waals surface area (Å²) in [6.45, 7) is 3.05. The SMILES string of the molecule is COc1ccc(Br)c(C(=O)OCC(=O)N2CCN(C(C)=O)CC2)c1. The molecule has 0 aromatic heterocycles. The monoisotopic (exact) mass is 398 g/mol. The first-order valence-corrected chi connectivity index (χ1v) is 8.25. The summed E-state index contributed by atoms with van der Waals surface area (Å²) < 4.78 is 10.7. The number of rotatable bonds is 4. The predicted molar refractivity (Wildman–Crippen MR) is 89.8 cm³/mol. The Balaban J connectivity index is 1.88. The normalized spacial score (nSPS) is 14.3. The molecule has 2 rings (SSSR count). The highest BCUT2D eigenvalue weighted by Crippen LogP contribution is 2.23. The van der Waals surface area contributed by atoms with Gasteiger partial charge >= 0.3 is 5.97 Å². The minimum absolute atomic E-state index is 0.00333. The van der Waals surface area contributed by atoms with Gasteiger partial charge in [-0.05, 0) is 34.1 Å². The maximum absolute atomic E-state index is 12.1. The molecule has 1 aliphatic heterocycles. The van der Waals surface area contributed by atoms with E-state index >= 15 is 0 Å². The third kappa shape index (κ3) is 4.47. The Bertz CT molecular complexity index is 641. The van der Waals surface area contributed by atoms with Crippen LogP contribution in [0.15, 0.2) is 22.7 Å². The van der Waals surface area contributed by atoms with Crippen LogP contribution >= 0.6 is 15.9 Å². The second-order valence-electron chi connectivity index (χ2n) is 5.31. The number of piperazine rings is 1. The molecule has 1 heterocycles. The summed E-state index contributed by atoms with van der Waals surface area (Å²) in [6, 6.07) is 4.93. The van der Waals surface area contributed by atoms with E-state index < -0.39 is 5.97 Å². The molecule has 7 nitrogen and oxygen atoms in total. The van der Waals surface area contributed by atoms with Crippen molar-refractivity contribution in [3.05, 3.63) is 28.2 Å². The molecule has 0 bridgehead atoms. The van der Waals surface area contributed by atoms with Crippen LogP contribution in [0.3, 0.4) is 0 Å². The van der Waals surface area contributed by atoms with Crippen molar-refractivity contribution in [2.24, 2.45) is 0 Å². The highest BCUT2D eigenvalue weighted by Gasteiger charge is 2.23. The average molecular weight is 399 g/mol. The molecule has 1 saturated heterocycles. The first kappa shape index (κ1) is 18.3. The molecule has 2 amide bonds. The Morgan fingerprint density at radius 3 is 2.33 bits per heavy atom. The van der Waals surface area contributed by atoms with Gasteiger partial charge in [0.2, 0.25) is 5.91 Å². The Hall–Kier alpha value is -2.09. The van der Waals surface area contributed by atoms with Crippen LogP contribution in [-0.2, 0) is 14.3 Å². The van der Waals surface area contributed by atoms with Gasteiger partial charge < -0.3 is 19.3 Å². The van der Waals surface area contributed by atoms with Crippen molar-refractivity contribution in [2.45, 2.75) is 6.92 Å². The average Bonchev–Trinajstić information content (AvgIpc) is 2.59. The number of halogens is 1. The van der Waals surface area contributed by atoms with Crippen LogP contribution in [0.25, 0.3) is 0 Å². The summed E-state index contributed by atoms with van der Waals surface area (Å²) in [5, 5.41) is 0. The summed E-state index contributed by atoms with van der Waals surface area (Å²) >= 11 is 3.27. The van der Waals surface area contributed by atoms with E-state index in [0.29, 0.717) is 42.0 Å². The molecule has 1 aromatic rings. The van der Waals surface area contributed by atoms with Crippen LogP contribution in [0.1, 0.15) is 17.3 Å². The van der Waals surface area contributed by atoms with Gasteiger partial charge in [-0.3, -0.25) is 9.59 Å². The topological polar surface area (TPSA) is 76.2 Å². The Kier molecular flexibility index (Phi) is 6.19. The van der Waals surface area contributed by atoms with E-state index in [4.69, 9.17) is 9.47 Å². The number of nitrogens with zero attached hydrogens (tertiary/aromatic N) is 2. The molecular weight excluding hydrogens is 380 g/mol. The Labute approximate surface area is 148 Å². The first-order valence-electron chi connectivity index (χ1n) is 7.46. The van der Waals surface area contributed by atoms with E-state index in [1.165, 1.54) is 14.0 Å². The maximum atomic E-state index is 12.1. The quantitative estimate of drug-likeness (QED) is 0.714. The fourth-order valence-corrected chi connectivity index (χ4v) is 2.76. The van der Waals surface area contributed by atoms with Crippen LogP contribution in [0, 0.1) is 0 Å². The number of hydrogen-bond acceptors (Lipinski definition) is 5. The molecule has 1 aliphatic rings. The van der Waals surface area contributed by atoms with E-state index in [9.17, 15) is 14.4 Å². The number of ether oxygens (including phenoxy) is 2. The second-order valence-corrected chi connectivity index (χ2v) is 6.16. The van der Waals surface area contributed by atoms with Crippen LogP contribution in [0.4, 0.5) is 0 Å². The maximum Gasteiger partial charge on any atom is 0.339 e. The van der Waals surface area contributed by atoms with Gasteiger partial charge in [0.15, 0.2) is 6.61 Å². The number of methoxy groups -OCH3 is 1. The second kappa shape index (κ2) is 8.14. The number of amides is 2. The number of benzene rings is 1. The lowest BCUT2D eigenvalue weighted by Gasteiger charge is -2.34. The standard InChI is InChI=1S/C16H19BrN2O5/c1-11(20)18-5-7-19(8-6-18)15(21)10-24-16(22)13-9-12(23-2)3-4-14(13)17/h3-4,9H,5-8,10H2,1-2H3. The largest absolute Gasteiger partial charge is 0.497 e. The van der Waals surface area contributed by atoms with E-state index in [2.05, 4.69) is 15.9 Å². The summed E-state index contributed by atoms with van der Waals surface area (Å²) in [4.78, 5) is 38.8. The lowest BCUT2D eigenvalue weighted by atomic mass is 10.2. The van der Waals surface area contributed by atoms with Crippen LogP contribution < -0.4 is 4.74 Å². The van der Waals surface area contributed by atoms with Gasteiger partial charge in [0.1, 0.15) is 5.75 Å². The molecule has 1 fully saturated rings. The van der Waals surface area contributed by atoms with Gasteiger partial charge in [-0.2, -0.15) is 0 Å². The molecular formula is C16H19BrN2O5. The Morgan fingerprint density at radius 2 is 1.75 bits per heavy atom. The number of carbonyl (C=O) groups excluding carboxylic acids is 3. The van der Waals surface area contributed by atoms with Crippen molar-refractivity contribution >= 4 is 33.7 Å². The third-order valence-electron chi connectivity index (χ3n) is 3.80. The fourth-order valence-electron chi connectivity index (χ4n) is 2.35. The van der Waals surface area contributed by atoms with Gasteiger partial charge in [0, 0.05) is 37.6 Å². The van der Waals surface area contributed by atoms with Crippen LogP contribution in [0.2, 0.25) is 0 Å². The molecule has 0 saturated carbocycles. The summed E-state index contributed by atoms with van der Waals surface area (Å²) in [5.41, 5.74) is 0.295. The fraction of sp³-hybridized carbons (Fsp3) is 0.438. The van der Waals surface area contributed by atoms with Crippen molar-refractivity contribution in [1.29, 1.82) is 0 Å². The first-order chi connectivity index (χ1) is 11.4. The molecule has 130 valence electrons. The van der Waals surface area contributed by atoms with E-state index in [1.807, 2.05) is 0 Å². The summed E-state index contributed by atoms with van der Waals surface area (Å²) in [7, 11) is 1.50. The van der Waals surface area contributed by atoms with Gasteiger partial charge in [-0.15, -0.1) is 0 Å². The highest BCUT2D eigenvalue weighted by atomic mass is 79.9. The molecule has 0 atom stereocenters. The Morgan fingerprint density at radius 1 is 1.12 bits per heavy atom. The molecule has 0 radical (unpaired) electrons. The molecule has 0 aliphatic carbocycles. The van der Waals surface area contributed by atoms with Gasteiger partial charge in [0.05, 0.1) is 12.7 Å². The zero-order chi connectivity index (χ0) is 17.7. The molecule has 0 spiro atoms. The van der Waals surface area contributed by atoms with Crippen molar-refractivity contribution in [2.75, 3.05) is 39.9 Å². The van der Waals surface area contributed by atoms with Crippen LogP contribution in [0.5, 0.6) is 5.75 Å². The molecule has 1 aromatic carbocycles. The molecule has 8 heteroatoms. The van der Waals surface area contributed by atoms with Crippen molar-refractivity contribution < 1.29 is 23.9 Å². The van der Waals surface area contributed by atoms with Gasteiger partial charge in [-0.25, -0.2) is 4.79 Å². The molecule has 0 N–H and O–H groups in total. The smallest absolute Gasteiger partial charge is 0.339 e. The van der Waals surface area contributed by atoms with E-state index in [1.54, 1.807) is 28.0 Å². The summed E-state index contributed by atoms with van der Waals surface area (Å²) in [5.74, 6) is -0.352. The van der Waals surface area contributed by atoms with Crippen molar-refractivity contribution in [3.63, 3.8) is 0 Å². The lowest BCUT2D eigenvalue weighted by molar-refractivity contribution is -0.140. The lowest BCUT2D eigenvalue weighted by Crippen LogP contribution is -2.51. The predicted octanol–water partition coefficient (Wildman–Crippen LogP) is 1.31.